The van der Waals surface area contributed by atoms with Crippen LogP contribution in [0.25, 0.3) is 0 Å². The quantitative estimate of drug-likeness (QED) is 0.684. The fraction of sp³-hybridized carbons (Fsp3) is 0.800. The molecule has 0 aromatic carbocycles. The van der Waals surface area contributed by atoms with E-state index in [4.69, 9.17) is 5.73 Å². The van der Waals surface area contributed by atoms with Crippen molar-refractivity contribution in [3.63, 3.8) is 0 Å². The van der Waals surface area contributed by atoms with Crippen molar-refractivity contribution in [2.45, 2.75) is 26.2 Å². The molecular weight excluding hydrogens is 180 g/mol. The summed E-state index contributed by atoms with van der Waals surface area (Å²) in [7, 11) is 0. The lowest BCUT2D eigenvalue weighted by atomic mass is 10.1. The Kier molecular flexibility index (Phi) is 4.07. The molecule has 0 aromatic heterocycles. The molecule has 4 heteroatoms. The van der Waals surface area contributed by atoms with Crippen molar-refractivity contribution >= 4 is 11.7 Å². The van der Waals surface area contributed by atoms with E-state index < -0.39 is 0 Å². The van der Waals surface area contributed by atoms with Crippen LogP contribution in [0.4, 0.5) is 0 Å². The number of likely N-dealkylation sites (tertiary alicyclic amines) is 1. The lowest BCUT2D eigenvalue weighted by Crippen LogP contribution is -2.28. The van der Waals surface area contributed by atoms with Gasteiger partial charge in [0.2, 0.25) is 5.91 Å². The second-order valence-corrected chi connectivity index (χ2v) is 3.99. The lowest BCUT2D eigenvalue weighted by molar-refractivity contribution is -0.121. The lowest BCUT2D eigenvalue weighted by Gasteiger charge is -2.14. The third-order valence-corrected chi connectivity index (χ3v) is 2.68. The van der Waals surface area contributed by atoms with Crippen LogP contribution in [0, 0.1) is 5.92 Å². The summed E-state index contributed by atoms with van der Waals surface area (Å²) >= 11 is 0. The van der Waals surface area contributed by atoms with Gasteiger partial charge in [-0.2, -0.15) is 0 Å². The first-order valence-electron chi connectivity index (χ1n) is 5.10. The molecule has 0 spiro atoms. The maximum absolute atomic E-state index is 10.9. The second-order valence-electron chi connectivity index (χ2n) is 3.99. The fourth-order valence-corrected chi connectivity index (χ4v) is 1.82. The van der Waals surface area contributed by atoms with Crippen molar-refractivity contribution < 1.29 is 9.59 Å². The molecule has 1 heterocycles. The molecule has 1 saturated heterocycles. The molecule has 1 aliphatic rings. The molecule has 4 nitrogen and oxygen atoms in total. The average Bonchev–Trinajstić information content (AvgIpc) is 2.52. The van der Waals surface area contributed by atoms with Gasteiger partial charge in [-0.3, -0.25) is 4.79 Å². The van der Waals surface area contributed by atoms with Gasteiger partial charge in [-0.25, -0.2) is 0 Å². The molecule has 1 unspecified atom stereocenters. The molecule has 0 aromatic rings. The first-order valence-corrected chi connectivity index (χ1v) is 5.10. The van der Waals surface area contributed by atoms with Gasteiger partial charge in [0, 0.05) is 13.0 Å². The molecule has 1 aliphatic heterocycles. The van der Waals surface area contributed by atoms with E-state index >= 15 is 0 Å². The molecule has 1 amide bonds. The highest BCUT2D eigenvalue weighted by atomic mass is 16.1. The van der Waals surface area contributed by atoms with Gasteiger partial charge in [0.15, 0.2) is 0 Å². The summed E-state index contributed by atoms with van der Waals surface area (Å²) in [5.41, 5.74) is 5.22. The third kappa shape index (κ3) is 3.46. The smallest absolute Gasteiger partial charge is 0.221 e. The molecule has 80 valence electrons. The number of rotatable bonds is 5. The van der Waals surface area contributed by atoms with E-state index in [1.165, 1.54) is 0 Å². The molecule has 0 saturated carbocycles. The monoisotopic (exact) mass is 198 g/mol. The summed E-state index contributed by atoms with van der Waals surface area (Å²) in [4.78, 5) is 23.8. The number of ketones is 1. The van der Waals surface area contributed by atoms with Gasteiger partial charge in [0.25, 0.3) is 0 Å². The number of nitrogens with two attached hydrogens (primary N) is 1. The Bertz CT molecular complexity index is 228. The minimum absolute atomic E-state index is 0.0207. The van der Waals surface area contributed by atoms with Crippen LogP contribution in [-0.2, 0) is 9.59 Å². The third-order valence-electron chi connectivity index (χ3n) is 2.68. The van der Waals surface area contributed by atoms with Gasteiger partial charge in [-0.1, -0.05) is 0 Å². The topological polar surface area (TPSA) is 63.4 Å². The van der Waals surface area contributed by atoms with Crippen molar-refractivity contribution in [3.8, 4) is 0 Å². The first-order chi connectivity index (χ1) is 6.59. The number of carbonyl (C=O) groups excluding carboxylic acids is 2. The highest BCUT2D eigenvalue weighted by Crippen LogP contribution is 2.15. The maximum atomic E-state index is 10.9. The van der Waals surface area contributed by atoms with Gasteiger partial charge >= 0.3 is 0 Å². The Morgan fingerprint density at radius 2 is 2.21 bits per heavy atom. The standard InChI is InChI=1S/C10H18N2O2/c1-8(13)3-2-5-12-6-4-9(7-12)10(11)14/h9H,2-7H2,1H3,(H2,11,14). The Morgan fingerprint density at radius 3 is 2.71 bits per heavy atom. The van der Waals surface area contributed by atoms with Gasteiger partial charge in [-0.15, -0.1) is 0 Å². The Hall–Kier alpha value is -0.900. The summed E-state index contributed by atoms with van der Waals surface area (Å²) in [6.07, 6.45) is 2.40. The van der Waals surface area contributed by atoms with Crippen LogP contribution in [0.1, 0.15) is 26.2 Å². The van der Waals surface area contributed by atoms with Crippen LogP contribution in [0.2, 0.25) is 0 Å². The Morgan fingerprint density at radius 1 is 1.50 bits per heavy atom. The van der Waals surface area contributed by atoms with Gasteiger partial charge < -0.3 is 15.4 Å². The number of hydrogen-bond donors (Lipinski definition) is 1. The van der Waals surface area contributed by atoms with E-state index in [9.17, 15) is 9.59 Å². The maximum Gasteiger partial charge on any atom is 0.221 e. The SMILES string of the molecule is CC(=O)CCCN1CCC(C(N)=O)C1. The minimum atomic E-state index is -0.195. The van der Waals surface area contributed by atoms with Crippen molar-refractivity contribution in [2.75, 3.05) is 19.6 Å². The molecule has 1 atom stereocenters. The van der Waals surface area contributed by atoms with Gasteiger partial charge in [0.05, 0.1) is 5.92 Å². The summed E-state index contributed by atoms with van der Waals surface area (Å²) in [5, 5.41) is 0. The molecular formula is C10H18N2O2. The molecule has 2 N–H and O–H groups in total. The Labute approximate surface area is 84.4 Å². The Balaban J connectivity index is 2.16. The molecule has 0 aliphatic carbocycles. The summed E-state index contributed by atoms with van der Waals surface area (Å²) in [6.45, 7) is 4.22. The second kappa shape index (κ2) is 5.10. The van der Waals surface area contributed by atoms with E-state index in [1.807, 2.05) is 0 Å². The highest BCUT2D eigenvalue weighted by Gasteiger charge is 2.25. The van der Waals surface area contributed by atoms with E-state index in [1.54, 1.807) is 6.92 Å². The minimum Gasteiger partial charge on any atom is -0.369 e. The van der Waals surface area contributed by atoms with E-state index in [0.717, 1.165) is 32.5 Å². The molecule has 1 rings (SSSR count). The average molecular weight is 198 g/mol. The first kappa shape index (κ1) is 11.2. The summed E-state index contributed by atoms with van der Waals surface area (Å²) < 4.78 is 0. The van der Waals surface area contributed by atoms with Gasteiger partial charge in [0.1, 0.15) is 5.78 Å². The van der Waals surface area contributed by atoms with Gasteiger partial charge in [-0.05, 0) is 32.9 Å². The van der Waals surface area contributed by atoms with E-state index in [0.29, 0.717) is 6.42 Å². The highest BCUT2D eigenvalue weighted by molar-refractivity contribution is 5.77. The largest absolute Gasteiger partial charge is 0.369 e. The predicted molar refractivity (Wildman–Crippen MR) is 53.7 cm³/mol. The summed E-state index contributed by atoms with van der Waals surface area (Å²) in [6, 6.07) is 0. The number of nitrogens with zero attached hydrogens (tertiary/aromatic N) is 1. The number of carbonyl (C=O) groups is 2. The van der Waals surface area contributed by atoms with Crippen LogP contribution in [0.3, 0.4) is 0 Å². The van der Waals surface area contributed by atoms with Crippen molar-refractivity contribution in [1.82, 2.24) is 4.90 Å². The normalized spacial score (nSPS) is 22.5. The molecule has 0 bridgehead atoms. The molecule has 0 radical (unpaired) electrons. The zero-order valence-corrected chi connectivity index (χ0v) is 8.66. The number of primary amides is 1. The molecule has 14 heavy (non-hydrogen) atoms. The van der Waals surface area contributed by atoms with Crippen LogP contribution in [-0.4, -0.2) is 36.2 Å². The van der Waals surface area contributed by atoms with Crippen LogP contribution in [0.15, 0.2) is 0 Å². The van der Waals surface area contributed by atoms with E-state index in [-0.39, 0.29) is 17.6 Å². The van der Waals surface area contributed by atoms with E-state index in [2.05, 4.69) is 4.90 Å². The number of hydrogen-bond acceptors (Lipinski definition) is 3. The van der Waals surface area contributed by atoms with Crippen molar-refractivity contribution in [3.05, 3.63) is 0 Å². The fourth-order valence-electron chi connectivity index (χ4n) is 1.82. The summed E-state index contributed by atoms with van der Waals surface area (Å²) in [5.74, 6) is 0.0574. The number of amides is 1. The van der Waals surface area contributed by atoms with Crippen LogP contribution in [0.5, 0.6) is 0 Å². The van der Waals surface area contributed by atoms with Crippen LogP contribution < -0.4 is 5.73 Å². The van der Waals surface area contributed by atoms with Crippen molar-refractivity contribution in [1.29, 1.82) is 0 Å². The zero-order chi connectivity index (χ0) is 10.6. The van der Waals surface area contributed by atoms with Crippen LogP contribution >= 0.6 is 0 Å². The zero-order valence-electron chi connectivity index (χ0n) is 8.66. The van der Waals surface area contributed by atoms with Crippen molar-refractivity contribution in [2.24, 2.45) is 11.7 Å². The molecule has 1 fully saturated rings. The number of Topliss-reactive ketones (excluding diaryl/α,β-unsaturated/α-hetero) is 1. The predicted octanol–water partition coefficient (Wildman–Crippen LogP) is 0.163.